The molecule has 2 N–H and O–H groups in total. The zero-order valence-electron chi connectivity index (χ0n) is 10.3. The largest absolute Gasteiger partial charge is 0.329 e. The topological polar surface area (TPSA) is 29.3 Å². The van der Waals surface area contributed by atoms with E-state index in [1.807, 2.05) is 0 Å². The average molecular weight is 210 g/mol. The molecule has 2 aliphatic rings. The van der Waals surface area contributed by atoms with Gasteiger partial charge in [0.25, 0.3) is 0 Å². The van der Waals surface area contributed by atoms with Crippen LogP contribution >= 0.6 is 0 Å². The molecule has 0 spiro atoms. The fourth-order valence-electron chi connectivity index (χ4n) is 2.81. The van der Waals surface area contributed by atoms with E-state index < -0.39 is 0 Å². The van der Waals surface area contributed by atoms with Crippen molar-refractivity contribution >= 4 is 0 Å². The number of hydrogen-bond acceptors (Lipinski definition) is 2. The Hall–Kier alpha value is -0.0800. The third-order valence-electron chi connectivity index (χ3n) is 3.95. The molecule has 0 aromatic carbocycles. The lowest BCUT2D eigenvalue weighted by Gasteiger charge is -2.41. The molecule has 0 amide bonds. The van der Waals surface area contributed by atoms with Crippen LogP contribution in [0.1, 0.15) is 46.0 Å². The molecule has 2 saturated carbocycles. The van der Waals surface area contributed by atoms with Gasteiger partial charge in [-0.1, -0.05) is 20.3 Å². The molecule has 2 heteroatoms. The van der Waals surface area contributed by atoms with Crippen LogP contribution in [-0.2, 0) is 0 Å². The summed E-state index contributed by atoms with van der Waals surface area (Å²) >= 11 is 0. The normalized spacial score (nSPS) is 24.6. The fraction of sp³-hybridized carbons (Fsp3) is 1.00. The van der Waals surface area contributed by atoms with E-state index in [0.717, 1.165) is 24.4 Å². The Labute approximate surface area is 94.2 Å². The van der Waals surface area contributed by atoms with E-state index in [0.29, 0.717) is 6.04 Å². The molecule has 0 aliphatic heterocycles. The lowest BCUT2D eigenvalue weighted by atomic mass is 9.78. The molecule has 2 rings (SSSR count). The van der Waals surface area contributed by atoms with Gasteiger partial charge in [0.15, 0.2) is 0 Å². The van der Waals surface area contributed by atoms with Crippen molar-refractivity contribution in [3.63, 3.8) is 0 Å². The highest BCUT2D eigenvalue weighted by Gasteiger charge is 2.38. The lowest BCUT2D eigenvalue weighted by Crippen LogP contribution is -2.50. The summed E-state index contributed by atoms with van der Waals surface area (Å²) < 4.78 is 0. The van der Waals surface area contributed by atoms with Gasteiger partial charge in [-0.3, -0.25) is 4.90 Å². The first-order valence-electron chi connectivity index (χ1n) is 6.68. The molecule has 0 aromatic rings. The van der Waals surface area contributed by atoms with Gasteiger partial charge in [0.2, 0.25) is 0 Å². The van der Waals surface area contributed by atoms with Crippen molar-refractivity contribution in [3.8, 4) is 0 Å². The van der Waals surface area contributed by atoms with E-state index >= 15 is 0 Å². The molecular weight excluding hydrogens is 184 g/mol. The van der Waals surface area contributed by atoms with Crippen molar-refractivity contribution in [2.45, 2.75) is 58.0 Å². The summed E-state index contributed by atoms with van der Waals surface area (Å²) in [5.74, 6) is 1.69. The molecule has 15 heavy (non-hydrogen) atoms. The molecule has 88 valence electrons. The molecular formula is C13H26N2. The van der Waals surface area contributed by atoms with Gasteiger partial charge < -0.3 is 5.73 Å². The fourth-order valence-corrected chi connectivity index (χ4v) is 2.81. The van der Waals surface area contributed by atoms with E-state index in [-0.39, 0.29) is 0 Å². The van der Waals surface area contributed by atoms with E-state index in [1.165, 1.54) is 38.6 Å². The van der Waals surface area contributed by atoms with Gasteiger partial charge in [-0.05, 0) is 37.5 Å². The number of nitrogens with zero attached hydrogens (tertiary/aromatic N) is 1. The Morgan fingerprint density at radius 3 is 2.20 bits per heavy atom. The molecule has 0 bridgehead atoms. The van der Waals surface area contributed by atoms with Crippen LogP contribution in [0.15, 0.2) is 0 Å². The Morgan fingerprint density at radius 2 is 1.87 bits per heavy atom. The molecule has 2 nitrogen and oxygen atoms in total. The zero-order chi connectivity index (χ0) is 10.8. The second kappa shape index (κ2) is 4.84. The standard InChI is InChI=1S/C13H26N2/c1-10(2)9-15(12-6-7-12)13(8-14)11-4-3-5-11/h10-13H,3-9,14H2,1-2H3. The quantitative estimate of drug-likeness (QED) is 0.728. The van der Waals surface area contributed by atoms with Crippen LogP contribution in [0, 0.1) is 11.8 Å². The smallest absolute Gasteiger partial charge is 0.0249 e. The molecule has 2 fully saturated rings. The monoisotopic (exact) mass is 210 g/mol. The van der Waals surface area contributed by atoms with Crippen LogP contribution in [0.2, 0.25) is 0 Å². The number of rotatable bonds is 6. The van der Waals surface area contributed by atoms with Crippen LogP contribution in [0.3, 0.4) is 0 Å². The highest BCUT2D eigenvalue weighted by atomic mass is 15.2. The molecule has 0 radical (unpaired) electrons. The van der Waals surface area contributed by atoms with Crippen molar-refractivity contribution in [2.24, 2.45) is 17.6 Å². The summed E-state index contributed by atoms with van der Waals surface area (Å²) in [7, 11) is 0. The van der Waals surface area contributed by atoms with Gasteiger partial charge >= 0.3 is 0 Å². The number of hydrogen-bond donors (Lipinski definition) is 1. The van der Waals surface area contributed by atoms with Crippen molar-refractivity contribution in [1.82, 2.24) is 4.90 Å². The van der Waals surface area contributed by atoms with Crippen molar-refractivity contribution in [2.75, 3.05) is 13.1 Å². The molecule has 1 atom stereocenters. The Balaban J connectivity index is 1.93. The third kappa shape index (κ3) is 2.73. The summed E-state index contributed by atoms with van der Waals surface area (Å²) in [6.45, 7) is 6.77. The summed E-state index contributed by atoms with van der Waals surface area (Å²) in [4.78, 5) is 2.73. The van der Waals surface area contributed by atoms with Crippen LogP contribution in [0.25, 0.3) is 0 Å². The first-order valence-corrected chi connectivity index (χ1v) is 6.68. The van der Waals surface area contributed by atoms with Gasteiger partial charge in [-0.25, -0.2) is 0 Å². The SMILES string of the molecule is CC(C)CN(C1CC1)C(CN)C1CCC1. The van der Waals surface area contributed by atoms with Crippen molar-refractivity contribution in [1.29, 1.82) is 0 Å². The summed E-state index contributed by atoms with van der Waals surface area (Å²) in [5.41, 5.74) is 5.98. The molecule has 0 heterocycles. The van der Waals surface area contributed by atoms with Gasteiger partial charge in [-0.15, -0.1) is 0 Å². The predicted octanol–water partition coefficient (Wildman–Crippen LogP) is 2.23. The van der Waals surface area contributed by atoms with E-state index in [4.69, 9.17) is 5.73 Å². The van der Waals surface area contributed by atoms with E-state index in [1.54, 1.807) is 0 Å². The second-order valence-corrected chi connectivity index (χ2v) is 5.82. The highest BCUT2D eigenvalue weighted by Crippen LogP contribution is 2.37. The maximum atomic E-state index is 5.98. The maximum absolute atomic E-state index is 5.98. The predicted molar refractivity (Wildman–Crippen MR) is 64.7 cm³/mol. The second-order valence-electron chi connectivity index (χ2n) is 5.82. The minimum atomic E-state index is 0.689. The Morgan fingerprint density at radius 1 is 1.20 bits per heavy atom. The van der Waals surface area contributed by atoms with Crippen LogP contribution in [0.5, 0.6) is 0 Å². The van der Waals surface area contributed by atoms with Gasteiger partial charge in [0, 0.05) is 25.2 Å². The highest BCUT2D eigenvalue weighted by molar-refractivity contribution is 4.94. The first kappa shape index (κ1) is 11.4. The van der Waals surface area contributed by atoms with E-state index in [2.05, 4.69) is 18.7 Å². The summed E-state index contributed by atoms with van der Waals surface area (Å²) in [5, 5.41) is 0. The maximum Gasteiger partial charge on any atom is 0.0249 e. The summed E-state index contributed by atoms with van der Waals surface area (Å²) in [6.07, 6.45) is 7.10. The first-order chi connectivity index (χ1) is 7.22. The van der Waals surface area contributed by atoms with Crippen molar-refractivity contribution < 1.29 is 0 Å². The minimum absolute atomic E-state index is 0.689. The summed E-state index contributed by atoms with van der Waals surface area (Å²) in [6, 6.07) is 1.56. The van der Waals surface area contributed by atoms with Gasteiger partial charge in [0.1, 0.15) is 0 Å². The third-order valence-corrected chi connectivity index (χ3v) is 3.95. The Bertz CT molecular complexity index is 195. The van der Waals surface area contributed by atoms with Crippen molar-refractivity contribution in [3.05, 3.63) is 0 Å². The zero-order valence-corrected chi connectivity index (χ0v) is 10.3. The van der Waals surface area contributed by atoms with Crippen LogP contribution in [-0.4, -0.2) is 30.1 Å². The van der Waals surface area contributed by atoms with Crippen LogP contribution < -0.4 is 5.73 Å². The minimum Gasteiger partial charge on any atom is -0.329 e. The number of nitrogens with two attached hydrogens (primary N) is 1. The van der Waals surface area contributed by atoms with Gasteiger partial charge in [0.05, 0.1) is 0 Å². The molecule has 0 aromatic heterocycles. The lowest BCUT2D eigenvalue weighted by molar-refractivity contribution is 0.0828. The van der Waals surface area contributed by atoms with Crippen LogP contribution in [0.4, 0.5) is 0 Å². The average Bonchev–Trinajstić information content (AvgIpc) is 2.90. The molecule has 1 unspecified atom stereocenters. The molecule has 2 aliphatic carbocycles. The van der Waals surface area contributed by atoms with E-state index in [9.17, 15) is 0 Å². The Kier molecular flexibility index (Phi) is 3.68. The molecule has 0 saturated heterocycles. The van der Waals surface area contributed by atoms with Gasteiger partial charge in [-0.2, -0.15) is 0 Å².